The van der Waals surface area contributed by atoms with Crippen LogP contribution in [0.3, 0.4) is 0 Å². The van der Waals surface area contributed by atoms with E-state index in [1.165, 1.54) is 27.8 Å². The molecule has 0 radical (unpaired) electrons. The molecule has 2 aromatic heterocycles. The number of anilines is 1. The lowest BCUT2D eigenvalue weighted by Crippen LogP contribution is -2.24. The van der Waals surface area contributed by atoms with E-state index in [-0.39, 0.29) is 11.5 Å². The maximum atomic E-state index is 12.4. The van der Waals surface area contributed by atoms with Crippen molar-refractivity contribution in [2.24, 2.45) is 5.73 Å². The fraction of sp³-hybridized carbons (Fsp3) is 0.133. The summed E-state index contributed by atoms with van der Waals surface area (Å²) in [6.07, 6.45) is 0. The van der Waals surface area contributed by atoms with Crippen molar-refractivity contribution in [2.75, 3.05) is 5.32 Å². The molecule has 0 unspecified atom stereocenters. The molecule has 0 aliphatic heterocycles. The topological polar surface area (TPSA) is 116 Å². The number of thioether (sulfide) groups is 1. The summed E-state index contributed by atoms with van der Waals surface area (Å²) in [5.41, 5.74) is 6.26. The van der Waals surface area contributed by atoms with E-state index in [2.05, 4.69) is 20.8 Å². The second-order valence-electron chi connectivity index (χ2n) is 5.13. The number of nitrogens with zero attached hydrogens (tertiary/aromatic N) is 4. The molecule has 0 aliphatic carbocycles. The number of rotatable bonds is 6. The standard InChI is InChI=1S/C15H13ClN6O2S2/c1-8(13(24)18-14-11(12(17)23)5-6-25-14)26-15-19-20-21-22(15)10-4-2-3-9(16)7-10/h2-8H,1H3,(H2,17,23)(H,18,24)/t8-/m1/s1. The summed E-state index contributed by atoms with van der Waals surface area (Å²) in [6.45, 7) is 1.72. The highest BCUT2D eigenvalue weighted by Gasteiger charge is 2.21. The Morgan fingerprint density at radius 1 is 1.38 bits per heavy atom. The van der Waals surface area contributed by atoms with Crippen LogP contribution in [0.4, 0.5) is 5.00 Å². The molecule has 11 heteroatoms. The first-order chi connectivity index (χ1) is 12.5. The Balaban J connectivity index is 1.73. The van der Waals surface area contributed by atoms with Crippen molar-refractivity contribution in [3.63, 3.8) is 0 Å². The number of aromatic nitrogens is 4. The molecule has 0 spiro atoms. The van der Waals surface area contributed by atoms with Gasteiger partial charge in [-0.3, -0.25) is 9.59 Å². The number of nitrogens with one attached hydrogen (secondary N) is 1. The van der Waals surface area contributed by atoms with Crippen molar-refractivity contribution in [1.29, 1.82) is 0 Å². The molecule has 0 fully saturated rings. The van der Waals surface area contributed by atoms with E-state index in [4.69, 9.17) is 17.3 Å². The predicted molar refractivity (Wildman–Crippen MR) is 101 cm³/mol. The summed E-state index contributed by atoms with van der Waals surface area (Å²) >= 11 is 8.41. The normalized spacial score (nSPS) is 11.9. The number of tetrazole rings is 1. The molecule has 0 aliphatic rings. The third-order valence-corrected chi connectivity index (χ3v) is 5.41. The first kappa shape index (κ1) is 18.4. The zero-order valence-electron chi connectivity index (χ0n) is 13.4. The molecule has 8 nitrogen and oxygen atoms in total. The van der Waals surface area contributed by atoms with Gasteiger partial charge in [0.25, 0.3) is 5.91 Å². The van der Waals surface area contributed by atoms with Gasteiger partial charge in [0.05, 0.1) is 16.5 Å². The van der Waals surface area contributed by atoms with Crippen molar-refractivity contribution >= 4 is 51.5 Å². The number of thiophene rings is 1. The summed E-state index contributed by atoms with van der Waals surface area (Å²) in [6, 6.07) is 8.63. The molecular weight excluding hydrogens is 396 g/mol. The number of hydrogen-bond acceptors (Lipinski definition) is 7. The number of amides is 2. The maximum absolute atomic E-state index is 12.4. The van der Waals surface area contributed by atoms with Gasteiger partial charge in [0, 0.05) is 5.02 Å². The summed E-state index contributed by atoms with van der Waals surface area (Å²) in [5, 5.41) is 16.9. The van der Waals surface area contributed by atoms with Crippen LogP contribution in [0.15, 0.2) is 40.9 Å². The van der Waals surface area contributed by atoms with Crippen molar-refractivity contribution in [3.05, 3.63) is 46.3 Å². The van der Waals surface area contributed by atoms with Crippen LogP contribution in [0, 0.1) is 0 Å². The third kappa shape index (κ3) is 4.03. The van der Waals surface area contributed by atoms with Gasteiger partial charge in [0.15, 0.2) is 0 Å². The van der Waals surface area contributed by atoms with Crippen molar-refractivity contribution in [1.82, 2.24) is 20.2 Å². The lowest BCUT2D eigenvalue weighted by atomic mass is 10.3. The summed E-state index contributed by atoms with van der Waals surface area (Å²) in [7, 11) is 0. The van der Waals surface area contributed by atoms with Crippen LogP contribution >= 0.6 is 34.7 Å². The highest BCUT2D eigenvalue weighted by atomic mass is 35.5. The van der Waals surface area contributed by atoms with Crippen LogP contribution in [-0.2, 0) is 4.79 Å². The summed E-state index contributed by atoms with van der Waals surface area (Å²) in [5.74, 6) is -0.882. The quantitative estimate of drug-likeness (QED) is 0.605. The molecule has 0 saturated carbocycles. The lowest BCUT2D eigenvalue weighted by molar-refractivity contribution is -0.115. The Kier molecular flexibility index (Phi) is 5.55. The molecule has 0 saturated heterocycles. The van der Waals surface area contributed by atoms with Crippen molar-refractivity contribution in [2.45, 2.75) is 17.3 Å². The van der Waals surface area contributed by atoms with Crippen LogP contribution in [0.5, 0.6) is 0 Å². The molecule has 0 bridgehead atoms. The smallest absolute Gasteiger partial charge is 0.251 e. The van der Waals surface area contributed by atoms with Gasteiger partial charge in [0.2, 0.25) is 11.1 Å². The number of carbonyl (C=O) groups excluding carboxylic acids is 2. The van der Waals surface area contributed by atoms with Gasteiger partial charge in [-0.25, -0.2) is 0 Å². The molecule has 2 amide bonds. The van der Waals surface area contributed by atoms with Crippen molar-refractivity contribution in [3.8, 4) is 5.69 Å². The van der Waals surface area contributed by atoms with E-state index >= 15 is 0 Å². The molecule has 3 N–H and O–H groups in total. The van der Waals surface area contributed by atoms with Crippen LogP contribution < -0.4 is 11.1 Å². The number of benzene rings is 1. The summed E-state index contributed by atoms with van der Waals surface area (Å²) in [4.78, 5) is 23.8. The third-order valence-electron chi connectivity index (χ3n) is 3.31. The average Bonchev–Trinajstić information content (AvgIpc) is 3.24. The average molecular weight is 409 g/mol. The van der Waals surface area contributed by atoms with Crippen LogP contribution in [0.25, 0.3) is 5.69 Å². The van der Waals surface area contributed by atoms with Gasteiger partial charge < -0.3 is 11.1 Å². The maximum Gasteiger partial charge on any atom is 0.251 e. The van der Waals surface area contributed by atoms with Crippen molar-refractivity contribution < 1.29 is 9.59 Å². The first-order valence-electron chi connectivity index (χ1n) is 7.35. The zero-order chi connectivity index (χ0) is 18.7. The largest absolute Gasteiger partial charge is 0.366 e. The van der Waals surface area contributed by atoms with E-state index in [9.17, 15) is 9.59 Å². The fourth-order valence-corrected chi connectivity index (χ4v) is 3.84. The highest BCUT2D eigenvalue weighted by molar-refractivity contribution is 8.00. The molecule has 3 aromatic rings. The van der Waals surface area contributed by atoms with Crippen LogP contribution in [0.2, 0.25) is 5.02 Å². The molecule has 26 heavy (non-hydrogen) atoms. The van der Waals surface area contributed by atoms with Crippen LogP contribution in [-0.4, -0.2) is 37.3 Å². The first-order valence-corrected chi connectivity index (χ1v) is 9.48. The Morgan fingerprint density at radius 2 is 2.19 bits per heavy atom. The Morgan fingerprint density at radius 3 is 2.92 bits per heavy atom. The van der Waals surface area contributed by atoms with Gasteiger partial charge in [-0.05, 0) is 47.0 Å². The lowest BCUT2D eigenvalue weighted by Gasteiger charge is -2.11. The van der Waals surface area contributed by atoms with Gasteiger partial charge in [0.1, 0.15) is 5.00 Å². The molecular formula is C15H13ClN6O2S2. The SMILES string of the molecule is C[C@@H](Sc1nnnn1-c1cccc(Cl)c1)C(=O)Nc1sccc1C(N)=O. The second kappa shape index (κ2) is 7.85. The summed E-state index contributed by atoms with van der Waals surface area (Å²) < 4.78 is 1.50. The number of carbonyl (C=O) groups is 2. The number of hydrogen-bond donors (Lipinski definition) is 2. The minimum atomic E-state index is -0.591. The van der Waals surface area contributed by atoms with E-state index in [0.717, 1.165) is 0 Å². The predicted octanol–water partition coefficient (Wildman–Crippen LogP) is 2.60. The van der Waals surface area contributed by atoms with Crippen LogP contribution in [0.1, 0.15) is 17.3 Å². The van der Waals surface area contributed by atoms with E-state index in [1.807, 2.05) is 6.07 Å². The van der Waals surface area contributed by atoms with E-state index in [1.54, 1.807) is 36.6 Å². The minimum Gasteiger partial charge on any atom is -0.366 e. The molecule has 1 aromatic carbocycles. The number of primary amides is 1. The molecule has 2 heterocycles. The second-order valence-corrected chi connectivity index (χ2v) is 7.79. The fourth-order valence-electron chi connectivity index (χ4n) is 2.05. The Hall–Kier alpha value is -2.43. The number of nitrogens with two attached hydrogens (primary N) is 1. The van der Waals surface area contributed by atoms with Gasteiger partial charge in [-0.15, -0.1) is 16.4 Å². The van der Waals surface area contributed by atoms with E-state index < -0.39 is 11.2 Å². The highest BCUT2D eigenvalue weighted by Crippen LogP contribution is 2.27. The van der Waals surface area contributed by atoms with Gasteiger partial charge in [-0.2, -0.15) is 4.68 Å². The molecule has 134 valence electrons. The minimum absolute atomic E-state index is 0.282. The van der Waals surface area contributed by atoms with E-state index in [0.29, 0.717) is 20.9 Å². The molecule has 3 rings (SSSR count). The monoisotopic (exact) mass is 408 g/mol. The zero-order valence-corrected chi connectivity index (χ0v) is 15.8. The Labute approximate surface area is 161 Å². The van der Waals surface area contributed by atoms with Gasteiger partial charge in [-0.1, -0.05) is 29.4 Å². The molecule has 1 atom stereocenters. The number of halogens is 1. The van der Waals surface area contributed by atoms with Gasteiger partial charge >= 0.3 is 0 Å². The Bertz CT molecular complexity index is 957.